The first-order valence-corrected chi connectivity index (χ1v) is 7.87. The molecule has 2 atom stereocenters. The van der Waals surface area contributed by atoms with Crippen molar-refractivity contribution in [2.45, 2.75) is 44.9 Å². The van der Waals surface area contributed by atoms with E-state index in [1.165, 1.54) is 13.0 Å². The van der Waals surface area contributed by atoms with Crippen molar-refractivity contribution in [2.75, 3.05) is 19.6 Å². The van der Waals surface area contributed by atoms with Gasteiger partial charge in [-0.2, -0.15) is 13.2 Å². The largest absolute Gasteiger partial charge is 0.433 e. The lowest BCUT2D eigenvalue weighted by Crippen LogP contribution is -2.56. The molecule has 0 radical (unpaired) electrons. The number of hydrogen-bond acceptors (Lipinski definition) is 3. The van der Waals surface area contributed by atoms with E-state index in [2.05, 4.69) is 9.88 Å². The summed E-state index contributed by atoms with van der Waals surface area (Å²) in [7, 11) is 0. The van der Waals surface area contributed by atoms with Gasteiger partial charge in [-0.25, -0.2) is 4.98 Å². The molecule has 2 fully saturated rings. The number of aryl methyl sites for hydroxylation is 1. The summed E-state index contributed by atoms with van der Waals surface area (Å²) in [6.07, 6.45) is -2.28. The highest BCUT2D eigenvalue weighted by atomic mass is 19.4. The number of pyridine rings is 1. The van der Waals surface area contributed by atoms with Gasteiger partial charge in [-0.3, -0.25) is 9.69 Å². The van der Waals surface area contributed by atoms with E-state index < -0.39 is 11.9 Å². The van der Waals surface area contributed by atoms with Crippen LogP contribution in [0.3, 0.4) is 0 Å². The van der Waals surface area contributed by atoms with E-state index in [1.807, 2.05) is 6.92 Å². The average molecular weight is 327 g/mol. The Bertz CT molecular complexity index is 617. The van der Waals surface area contributed by atoms with Crippen molar-refractivity contribution in [3.63, 3.8) is 0 Å². The first-order chi connectivity index (χ1) is 10.8. The fraction of sp³-hybridized carbons (Fsp3) is 0.625. The summed E-state index contributed by atoms with van der Waals surface area (Å²) in [5.41, 5.74) is -0.567. The molecular weight excluding hydrogens is 307 g/mol. The number of fused-ring (bicyclic) bond motifs is 1. The molecule has 0 aromatic carbocycles. The summed E-state index contributed by atoms with van der Waals surface area (Å²) < 4.78 is 38.1. The molecule has 0 N–H and O–H groups in total. The van der Waals surface area contributed by atoms with Crippen LogP contribution in [0.5, 0.6) is 0 Å². The Morgan fingerprint density at radius 1 is 1.30 bits per heavy atom. The summed E-state index contributed by atoms with van der Waals surface area (Å²) in [4.78, 5) is 20.5. The number of amides is 1. The lowest BCUT2D eigenvalue weighted by Gasteiger charge is -2.42. The molecule has 2 aliphatic heterocycles. The van der Waals surface area contributed by atoms with Crippen molar-refractivity contribution in [1.82, 2.24) is 14.8 Å². The van der Waals surface area contributed by atoms with Gasteiger partial charge in [0.25, 0.3) is 5.91 Å². The maximum Gasteiger partial charge on any atom is 0.433 e. The van der Waals surface area contributed by atoms with Crippen LogP contribution >= 0.6 is 0 Å². The van der Waals surface area contributed by atoms with Crippen LogP contribution in [0.2, 0.25) is 0 Å². The van der Waals surface area contributed by atoms with E-state index in [4.69, 9.17) is 0 Å². The number of halogens is 3. The zero-order valence-corrected chi connectivity index (χ0v) is 13.2. The molecular formula is C16H20F3N3O. The lowest BCUT2D eigenvalue weighted by molar-refractivity contribution is -0.141. The first-order valence-electron chi connectivity index (χ1n) is 7.87. The molecule has 1 amide bonds. The topological polar surface area (TPSA) is 36.4 Å². The van der Waals surface area contributed by atoms with Crippen molar-refractivity contribution < 1.29 is 18.0 Å². The van der Waals surface area contributed by atoms with Gasteiger partial charge in [0.15, 0.2) is 0 Å². The van der Waals surface area contributed by atoms with Crippen molar-refractivity contribution in [2.24, 2.45) is 0 Å². The predicted molar refractivity (Wildman–Crippen MR) is 79.1 cm³/mol. The Balaban J connectivity index is 1.82. The van der Waals surface area contributed by atoms with Gasteiger partial charge in [-0.05, 0) is 45.4 Å². The van der Waals surface area contributed by atoms with E-state index in [9.17, 15) is 18.0 Å². The second-order valence-electron chi connectivity index (χ2n) is 6.42. The number of rotatable bonds is 1. The zero-order chi connectivity index (χ0) is 16.8. The summed E-state index contributed by atoms with van der Waals surface area (Å²) in [6, 6.07) is 2.56. The van der Waals surface area contributed by atoms with Gasteiger partial charge < -0.3 is 4.90 Å². The highest BCUT2D eigenvalue weighted by molar-refractivity contribution is 5.95. The van der Waals surface area contributed by atoms with E-state index in [-0.39, 0.29) is 23.2 Å². The van der Waals surface area contributed by atoms with Gasteiger partial charge in [-0.15, -0.1) is 0 Å². The molecule has 4 nitrogen and oxygen atoms in total. The van der Waals surface area contributed by atoms with E-state index >= 15 is 0 Å². The Labute approximate surface area is 133 Å². The summed E-state index contributed by atoms with van der Waals surface area (Å²) in [5.74, 6) is -0.220. The minimum atomic E-state index is -4.49. The minimum absolute atomic E-state index is 0.0542. The van der Waals surface area contributed by atoms with Gasteiger partial charge in [0.1, 0.15) is 5.69 Å². The van der Waals surface area contributed by atoms with Crippen LogP contribution in [0.1, 0.15) is 41.5 Å². The van der Waals surface area contributed by atoms with Crippen LogP contribution in [-0.2, 0) is 6.18 Å². The fourth-order valence-corrected chi connectivity index (χ4v) is 3.57. The van der Waals surface area contributed by atoms with E-state index in [1.54, 1.807) is 4.90 Å². The zero-order valence-electron chi connectivity index (χ0n) is 13.2. The van der Waals surface area contributed by atoms with Crippen LogP contribution in [0, 0.1) is 6.92 Å². The summed E-state index contributed by atoms with van der Waals surface area (Å²) >= 11 is 0. The third-order valence-electron chi connectivity index (χ3n) is 4.80. The molecule has 1 aromatic heterocycles. The van der Waals surface area contributed by atoms with Gasteiger partial charge in [0.2, 0.25) is 0 Å². The van der Waals surface area contributed by atoms with Gasteiger partial charge >= 0.3 is 6.18 Å². The third kappa shape index (κ3) is 3.06. The Morgan fingerprint density at radius 2 is 2.04 bits per heavy atom. The van der Waals surface area contributed by atoms with Crippen molar-refractivity contribution in [3.8, 4) is 0 Å². The average Bonchev–Trinajstić information content (AvgIpc) is 2.91. The van der Waals surface area contributed by atoms with Crippen molar-refractivity contribution in [3.05, 3.63) is 29.1 Å². The SMILES string of the molecule is Cc1nc(C(F)(F)F)ccc1C(=O)N1CC2CCCN2CC1C. The lowest BCUT2D eigenvalue weighted by atomic mass is 10.1. The second-order valence-corrected chi connectivity index (χ2v) is 6.42. The highest BCUT2D eigenvalue weighted by Gasteiger charge is 2.38. The first kappa shape index (κ1) is 16.2. The molecule has 0 bridgehead atoms. The Morgan fingerprint density at radius 3 is 2.70 bits per heavy atom. The number of carbonyl (C=O) groups is 1. The number of alkyl halides is 3. The van der Waals surface area contributed by atoms with Crippen LogP contribution < -0.4 is 0 Å². The Kier molecular flexibility index (Phi) is 4.08. The molecule has 3 heterocycles. The third-order valence-corrected chi connectivity index (χ3v) is 4.80. The number of aromatic nitrogens is 1. The van der Waals surface area contributed by atoms with Gasteiger partial charge in [-0.1, -0.05) is 0 Å². The van der Waals surface area contributed by atoms with Gasteiger partial charge in [0, 0.05) is 25.2 Å². The maximum absolute atomic E-state index is 12.8. The molecule has 1 aromatic rings. The number of carbonyl (C=O) groups excluding carboxylic acids is 1. The summed E-state index contributed by atoms with van der Waals surface area (Å²) in [6.45, 7) is 5.97. The molecule has 2 unspecified atom stereocenters. The second kappa shape index (κ2) is 5.78. The molecule has 0 saturated carbocycles. The van der Waals surface area contributed by atoms with Crippen LogP contribution in [-0.4, -0.2) is 52.4 Å². The highest BCUT2D eigenvalue weighted by Crippen LogP contribution is 2.29. The van der Waals surface area contributed by atoms with Crippen molar-refractivity contribution >= 4 is 5.91 Å². The molecule has 3 rings (SSSR count). The normalized spacial score (nSPS) is 25.5. The van der Waals surface area contributed by atoms with Crippen molar-refractivity contribution in [1.29, 1.82) is 0 Å². The van der Waals surface area contributed by atoms with Crippen LogP contribution in [0.25, 0.3) is 0 Å². The number of hydrogen-bond donors (Lipinski definition) is 0. The molecule has 23 heavy (non-hydrogen) atoms. The predicted octanol–water partition coefficient (Wildman–Crippen LogP) is 2.72. The number of piperazine rings is 1. The Hall–Kier alpha value is -1.63. The standard InChI is InChI=1S/C16H20F3N3O/c1-10-8-21-7-3-4-12(21)9-22(10)15(23)13-5-6-14(16(17,18)19)20-11(13)2/h5-6,10,12H,3-4,7-9H2,1-2H3. The summed E-state index contributed by atoms with van der Waals surface area (Å²) in [5, 5.41) is 0. The molecule has 2 saturated heterocycles. The van der Waals surface area contributed by atoms with Gasteiger partial charge in [0.05, 0.1) is 11.3 Å². The molecule has 0 aliphatic carbocycles. The van der Waals surface area contributed by atoms with Crippen LogP contribution in [0.4, 0.5) is 13.2 Å². The molecule has 0 spiro atoms. The quantitative estimate of drug-likeness (QED) is 0.796. The molecule has 7 heteroatoms. The minimum Gasteiger partial charge on any atom is -0.333 e. The monoisotopic (exact) mass is 327 g/mol. The smallest absolute Gasteiger partial charge is 0.333 e. The maximum atomic E-state index is 12.8. The van der Waals surface area contributed by atoms with Crippen LogP contribution in [0.15, 0.2) is 12.1 Å². The fourth-order valence-electron chi connectivity index (χ4n) is 3.57. The number of nitrogens with zero attached hydrogens (tertiary/aromatic N) is 3. The molecule has 2 aliphatic rings. The van der Waals surface area contributed by atoms with E-state index in [0.29, 0.717) is 12.6 Å². The molecule has 126 valence electrons. The van der Waals surface area contributed by atoms with E-state index in [0.717, 1.165) is 32.0 Å².